The van der Waals surface area contributed by atoms with Crippen molar-refractivity contribution < 1.29 is 23.9 Å². The van der Waals surface area contributed by atoms with Crippen LogP contribution in [0.25, 0.3) is 17.0 Å². The molecule has 2 bridgehead atoms. The molecule has 3 aromatic rings. The summed E-state index contributed by atoms with van der Waals surface area (Å²) < 4.78 is 6.38. The third-order valence-corrected chi connectivity index (χ3v) is 9.44. The maximum Gasteiger partial charge on any atom is 0.247 e. The van der Waals surface area contributed by atoms with Gasteiger partial charge in [0, 0.05) is 42.7 Å². The van der Waals surface area contributed by atoms with E-state index in [9.17, 15) is 19.2 Å². The molecule has 0 saturated carbocycles. The molecule has 11 heteroatoms. The van der Waals surface area contributed by atoms with Gasteiger partial charge in [-0.3, -0.25) is 19.2 Å². The number of ether oxygens (including phenoxy) is 1. The van der Waals surface area contributed by atoms with E-state index in [0.717, 1.165) is 22.0 Å². The number of amides is 4. The maximum atomic E-state index is 14.7. The molecule has 48 heavy (non-hydrogen) atoms. The van der Waals surface area contributed by atoms with Gasteiger partial charge in [-0.15, -0.1) is 0 Å². The number of H-pyrrole nitrogens is 1. The van der Waals surface area contributed by atoms with Gasteiger partial charge < -0.3 is 35.9 Å². The van der Waals surface area contributed by atoms with E-state index in [4.69, 9.17) is 4.74 Å². The highest BCUT2D eigenvalue weighted by molar-refractivity contribution is 5.96. The lowest BCUT2D eigenvalue weighted by Crippen LogP contribution is -2.60. The number of fused-ring (bicyclic) bond motifs is 8. The summed E-state index contributed by atoms with van der Waals surface area (Å²) in [5.74, 6) is -0.847. The van der Waals surface area contributed by atoms with Crippen LogP contribution in [0.1, 0.15) is 58.1 Å². The number of para-hydroxylation sites is 1. The molecule has 0 radical (unpaired) electrons. The Morgan fingerprint density at radius 2 is 1.77 bits per heavy atom. The van der Waals surface area contributed by atoms with Crippen LogP contribution in [-0.4, -0.2) is 77.4 Å². The van der Waals surface area contributed by atoms with Crippen molar-refractivity contribution in [3.05, 3.63) is 72.1 Å². The third-order valence-electron chi connectivity index (χ3n) is 9.44. The van der Waals surface area contributed by atoms with Gasteiger partial charge in [0.05, 0.1) is 6.04 Å². The van der Waals surface area contributed by atoms with E-state index in [-0.39, 0.29) is 42.5 Å². The first-order valence-electron chi connectivity index (χ1n) is 17.0. The summed E-state index contributed by atoms with van der Waals surface area (Å²) in [6.07, 6.45) is 6.39. The fourth-order valence-electron chi connectivity index (χ4n) is 6.55. The molecule has 6 rings (SSSR count). The number of likely N-dealkylation sites (tertiary alicyclic amines) is 1. The van der Waals surface area contributed by atoms with Crippen molar-refractivity contribution >= 4 is 40.6 Å². The summed E-state index contributed by atoms with van der Waals surface area (Å²) in [5.41, 5.74) is 2.67. The molecule has 4 amide bonds. The molecule has 2 aromatic carbocycles. The van der Waals surface area contributed by atoms with Crippen LogP contribution in [0.4, 0.5) is 0 Å². The van der Waals surface area contributed by atoms with Gasteiger partial charge in [0.25, 0.3) is 0 Å². The van der Waals surface area contributed by atoms with Gasteiger partial charge in [-0.05, 0) is 60.7 Å². The van der Waals surface area contributed by atoms with Crippen LogP contribution in [0, 0.1) is 11.8 Å². The van der Waals surface area contributed by atoms with E-state index in [1.54, 1.807) is 31.5 Å². The van der Waals surface area contributed by atoms with Crippen LogP contribution in [-0.2, 0) is 25.6 Å². The molecule has 1 fully saturated rings. The Hall–Kier alpha value is -4.64. The van der Waals surface area contributed by atoms with Crippen LogP contribution in [0.5, 0.6) is 5.75 Å². The average molecular weight is 657 g/mol. The second-order valence-electron chi connectivity index (χ2n) is 13.3. The van der Waals surface area contributed by atoms with Crippen molar-refractivity contribution in [3.8, 4) is 5.75 Å². The minimum absolute atomic E-state index is 0.174. The Kier molecular flexibility index (Phi) is 11.2. The number of aromatic nitrogens is 1. The number of hydrogen-bond acceptors (Lipinski definition) is 6. The number of carbonyl (C=O) groups excluding carboxylic acids is 4. The minimum atomic E-state index is -1.03. The van der Waals surface area contributed by atoms with Crippen LogP contribution < -0.4 is 26.0 Å². The predicted molar refractivity (Wildman–Crippen MR) is 186 cm³/mol. The molecule has 5 N–H and O–H groups in total. The Bertz CT molecular complexity index is 1630. The molecule has 6 unspecified atom stereocenters. The van der Waals surface area contributed by atoms with Crippen LogP contribution in [0.2, 0.25) is 0 Å². The Morgan fingerprint density at radius 3 is 2.48 bits per heavy atom. The van der Waals surface area contributed by atoms with E-state index >= 15 is 0 Å². The fraction of sp³-hybridized carbons (Fsp3) is 0.459. The highest BCUT2D eigenvalue weighted by Crippen LogP contribution is 2.28. The van der Waals surface area contributed by atoms with Gasteiger partial charge in [0.1, 0.15) is 30.0 Å². The number of hydrogen-bond donors (Lipinski definition) is 5. The SMILES string of the molecule is CCC(C)C1NC(=O)C2C(CCN2C(=O)C(Cc2c[nH]c3ccccc23)NC(=O)C(CC(C)C)NC)Oc2ccc(cc2)C=CNC1=O. The minimum Gasteiger partial charge on any atom is -0.488 e. The Labute approximate surface area is 282 Å². The molecule has 256 valence electrons. The summed E-state index contributed by atoms with van der Waals surface area (Å²) in [4.78, 5) is 60.7. The lowest BCUT2D eigenvalue weighted by atomic mass is 9.97. The summed E-state index contributed by atoms with van der Waals surface area (Å²) in [6.45, 7) is 8.18. The molecular formula is C37H48N6O5. The van der Waals surface area contributed by atoms with Gasteiger partial charge in [-0.25, -0.2) is 0 Å². The molecule has 11 nitrogen and oxygen atoms in total. The fourth-order valence-corrected chi connectivity index (χ4v) is 6.55. The first-order valence-corrected chi connectivity index (χ1v) is 17.0. The Morgan fingerprint density at radius 1 is 1.02 bits per heavy atom. The third kappa shape index (κ3) is 7.90. The molecular weight excluding hydrogens is 608 g/mol. The molecule has 0 aliphatic carbocycles. The van der Waals surface area contributed by atoms with Crippen LogP contribution >= 0.6 is 0 Å². The van der Waals surface area contributed by atoms with E-state index in [1.807, 2.05) is 70.3 Å². The van der Waals surface area contributed by atoms with Crippen molar-refractivity contribution in [2.45, 2.75) is 83.6 Å². The number of benzene rings is 2. The highest BCUT2D eigenvalue weighted by atomic mass is 16.5. The quantitative estimate of drug-likeness (QED) is 0.226. The number of aromatic amines is 1. The van der Waals surface area contributed by atoms with E-state index in [2.05, 4.69) is 26.3 Å². The Balaban J connectivity index is 1.50. The highest BCUT2D eigenvalue weighted by Gasteiger charge is 2.46. The largest absolute Gasteiger partial charge is 0.488 e. The zero-order chi connectivity index (χ0) is 34.4. The number of rotatable bonds is 10. The smallest absolute Gasteiger partial charge is 0.247 e. The van der Waals surface area contributed by atoms with E-state index in [0.29, 0.717) is 25.0 Å². The second kappa shape index (κ2) is 15.5. The van der Waals surface area contributed by atoms with Crippen molar-refractivity contribution in [2.24, 2.45) is 11.8 Å². The summed E-state index contributed by atoms with van der Waals surface area (Å²) in [7, 11) is 1.73. The lowest BCUT2D eigenvalue weighted by Gasteiger charge is -2.33. The van der Waals surface area contributed by atoms with Crippen molar-refractivity contribution in [1.29, 1.82) is 0 Å². The zero-order valence-electron chi connectivity index (χ0n) is 28.4. The number of nitrogens with one attached hydrogen (secondary N) is 5. The monoisotopic (exact) mass is 656 g/mol. The maximum absolute atomic E-state index is 14.7. The van der Waals surface area contributed by atoms with Gasteiger partial charge in [-0.1, -0.05) is 64.4 Å². The predicted octanol–water partition coefficient (Wildman–Crippen LogP) is 3.51. The average Bonchev–Trinajstić information content (AvgIpc) is 3.69. The standard InChI is InChI=1S/C37H48N6O5/c1-6-23(4)32-35(45)39-17-15-24-11-13-26(14-12-24)48-31-16-18-43(33(31)36(46)42-32)37(47)30(41-34(44)29(38-5)19-22(2)3)20-25-21-40-28-10-8-7-9-27(25)28/h7-15,17,21-23,29-33,38,40H,6,16,18-20H2,1-5H3,(H,39,45)(H,41,44)(H,42,46). The van der Waals surface area contributed by atoms with Gasteiger partial charge in [-0.2, -0.15) is 0 Å². The molecule has 1 saturated heterocycles. The summed E-state index contributed by atoms with van der Waals surface area (Å²) in [5, 5.41) is 12.8. The normalized spacial score (nSPS) is 21.5. The first kappa shape index (κ1) is 34.7. The molecule has 1 aromatic heterocycles. The number of nitrogens with zero attached hydrogens (tertiary/aromatic N) is 1. The number of likely N-dealkylation sites (N-methyl/N-ethyl adjacent to an activating group) is 1. The van der Waals surface area contributed by atoms with Gasteiger partial charge in [0.2, 0.25) is 23.6 Å². The summed E-state index contributed by atoms with van der Waals surface area (Å²) in [6, 6.07) is 11.8. The van der Waals surface area contributed by atoms with E-state index < -0.39 is 36.2 Å². The molecule has 3 aliphatic heterocycles. The zero-order valence-corrected chi connectivity index (χ0v) is 28.4. The molecule has 4 heterocycles. The van der Waals surface area contributed by atoms with Gasteiger partial charge >= 0.3 is 0 Å². The molecule has 3 aliphatic rings. The lowest BCUT2D eigenvalue weighted by molar-refractivity contribution is -0.144. The van der Waals surface area contributed by atoms with Gasteiger partial charge in [0.15, 0.2) is 0 Å². The van der Waals surface area contributed by atoms with Crippen molar-refractivity contribution in [3.63, 3.8) is 0 Å². The topological polar surface area (TPSA) is 145 Å². The van der Waals surface area contributed by atoms with Crippen LogP contribution in [0.3, 0.4) is 0 Å². The summed E-state index contributed by atoms with van der Waals surface area (Å²) >= 11 is 0. The van der Waals surface area contributed by atoms with Crippen LogP contribution in [0.15, 0.2) is 60.9 Å². The first-order chi connectivity index (χ1) is 23.1. The molecule has 6 atom stereocenters. The van der Waals surface area contributed by atoms with Crippen molar-refractivity contribution in [2.75, 3.05) is 13.6 Å². The molecule has 0 spiro atoms. The van der Waals surface area contributed by atoms with E-state index in [1.165, 1.54) is 4.90 Å². The van der Waals surface area contributed by atoms with Crippen molar-refractivity contribution in [1.82, 2.24) is 31.2 Å². The second-order valence-corrected chi connectivity index (χ2v) is 13.3. The number of carbonyl (C=O) groups is 4.